The molecule has 0 radical (unpaired) electrons. The highest BCUT2D eigenvalue weighted by Crippen LogP contribution is 1.88. The third-order valence-corrected chi connectivity index (χ3v) is 1.36. The Morgan fingerprint density at radius 2 is 1.50 bits per heavy atom. The van der Waals surface area contributed by atoms with Gasteiger partial charge in [0.25, 0.3) is 0 Å². The molecule has 0 aromatic carbocycles. The molecule has 0 aliphatic heterocycles. The Morgan fingerprint density at radius 1 is 1.17 bits per heavy atom. The zero-order chi connectivity index (χ0) is 9.56. The summed E-state index contributed by atoms with van der Waals surface area (Å²) in [5, 5.41) is 9.25. The second kappa shape index (κ2) is 5.54. The Kier molecular flexibility index (Phi) is 5.03. The number of rotatable bonds is 6. The third kappa shape index (κ3) is 4.68. The number of amides is 2. The average molecular weight is 174 g/mol. The second-order valence-corrected chi connectivity index (χ2v) is 2.74. The number of carbonyl (C=O) groups excluding carboxylic acids is 2. The summed E-state index contributed by atoms with van der Waals surface area (Å²) in [5.41, 5.74) is 0. The minimum Gasteiger partial charge on any atom is -0.389 e. The van der Waals surface area contributed by atoms with E-state index in [1.54, 1.807) is 14.1 Å². The van der Waals surface area contributed by atoms with Crippen LogP contribution in [-0.4, -0.2) is 61.0 Å². The first kappa shape index (κ1) is 10.9. The molecule has 0 saturated heterocycles. The fourth-order valence-electron chi connectivity index (χ4n) is 0.809. The molecule has 0 aromatic heterocycles. The number of hydrogen-bond donors (Lipinski definition) is 1. The van der Waals surface area contributed by atoms with Crippen molar-refractivity contribution in [3.05, 3.63) is 0 Å². The Balaban J connectivity index is 3.64. The van der Waals surface area contributed by atoms with Crippen molar-refractivity contribution in [2.75, 3.05) is 27.2 Å². The first-order chi connectivity index (χ1) is 5.60. The molecular weight excluding hydrogens is 160 g/mol. The van der Waals surface area contributed by atoms with Gasteiger partial charge in [-0.3, -0.25) is 9.59 Å². The van der Waals surface area contributed by atoms with E-state index in [4.69, 9.17) is 0 Å². The Labute approximate surface area is 71.6 Å². The van der Waals surface area contributed by atoms with E-state index >= 15 is 0 Å². The van der Waals surface area contributed by atoms with Crippen LogP contribution in [0.25, 0.3) is 0 Å². The molecule has 0 bridgehead atoms. The number of likely N-dealkylation sites (N-methyl/N-ethyl adjacent to an activating group) is 2. The fourth-order valence-corrected chi connectivity index (χ4v) is 0.809. The molecule has 0 aliphatic rings. The van der Waals surface area contributed by atoms with Crippen molar-refractivity contribution in [1.82, 2.24) is 9.80 Å². The maximum absolute atomic E-state index is 10.1. The summed E-state index contributed by atoms with van der Waals surface area (Å²) in [7, 11) is 3.13. The van der Waals surface area contributed by atoms with Crippen LogP contribution in [0.1, 0.15) is 0 Å². The van der Waals surface area contributed by atoms with Gasteiger partial charge in [0.15, 0.2) is 0 Å². The molecule has 0 atom stereocenters. The summed E-state index contributed by atoms with van der Waals surface area (Å²) in [6.07, 6.45) is 0.573. The lowest BCUT2D eigenvalue weighted by molar-refractivity contribution is -0.119. The molecule has 1 N–H and O–H groups in total. The van der Waals surface area contributed by atoms with Gasteiger partial charge in [-0.25, -0.2) is 0 Å². The van der Waals surface area contributed by atoms with Crippen LogP contribution in [0.2, 0.25) is 0 Å². The van der Waals surface area contributed by atoms with Crippen LogP contribution in [0.3, 0.4) is 0 Å². The van der Waals surface area contributed by atoms with Gasteiger partial charge in [-0.05, 0) is 0 Å². The maximum Gasteiger partial charge on any atom is 0.209 e. The third-order valence-electron chi connectivity index (χ3n) is 1.36. The molecule has 0 fully saturated rings. The predicted molar refractivity (Wildman–Crippen MR) is 43.4 cm³/mol. The van der Waals surface area contributed by atoms with E-state index in [1.165, 1.54) is 9.80 Å². The van der Waals surface area contributed by atoms with Crippen molar-refractivity contribution >= 4 is 12.8 Å². The smallest absolute Gasteiger partial charge is 0.209 e. The van der Waals surface area contributed by atoms with E-state index in [1.807, 2.05) is 0 Å². The Bertz CT molecular complexity index is 136. The molecular formula is C7H14N2O3. The molecule has 0 heterocycles. The van der Waals surface area contributed by atoms with Crippen molar-refractivity contribution in [3.8, 4) is 0 Å². The summed E-state index contributed by atoms with van der Waals surface area (Å²) in [6, 6.07) is 0. The topological polar surface area (TPSA) is 60.9 Å². The molecule has 2 amide bonds. The van der Waals surface area contributed by atoms with Gasteiger partial charge >= 0.3 is 0 Å². The van der Waals surface area contributed by atoms with Crippen LogP contribution in [0.15, 0.2) is 0 Å². The van der Waals surface area contributed by atoms with E-state index < -0.39 is 6.10 Å². The van der Waals surface area contributed by atoms with Crippen molar-refractivity contribution in [2.24, 2.45) is 0 Å². The summed E-state index contributed by atoms with van der Waals surface area (Å²) < 4.78 is 0. The van der Waals surface area contributed by atoms with Crippen molar-refractivity contribution < 1.29 is 14.7 Å². The van der Waals surface area contributed by atoms with Gasteiger partial charge in [0.05, 0.1) is 6.10 Å². The van der Waals surface area contributed by atoms with E-state index in [-0.39, 0.29) is 13.1 Å². The fraction of sp³-hybridized carbons (Fsp3) is 0.714. The summed E-state index contributed by atoms with van der Waals surface area (Å²) >= 11 is 0. The number of hydrogen-bond acceptors (Lipinski definition) is 3. The van der Waals surface area contributed by atoms with Gasteiger partial charge in [-0.15, -0.1) is 0 Å². The van der Waals surface area contributed by atoms with Crippen molar-refractivity contribution in [3.63, 3.8) is 0 Å². The van der Waals surface area contributed by atoms with Crippen LogP contribution in [0.5, 0.6) is 0 Å². The zero-order valence-corrected chi connectivity index (χ0v) is 7.30. The van der Waals surface area contributed by atoms with Gasteiger partial charge in [0.2, 0.25) is 12.8 Å². The second-order valence-electron chi connectivity index (χ2n) is 2.74. The lowest BCUT2D eigenvalue weighted by Gasteiger charge is -2.19. The molecule has 5 heteroatoms. The molecule has 0 aromatic rings. The van der Waals surface area contributed by atoms with Crippen molar-refractivity contribution in [2.45, 2.75) is 6.10 Å². The largest absolute Gasteiger partial charge is 0.389 e. The Hall–Kier alpha value is -1.10. The van der Waals surface area contributed by atoms with Gasteiger partial charge < -0.3 is 14.9 Å². The quantitative estimate of drug-likeness (QED) is 0.500. The number of carbonyl (C=O) groups is 2. The number of aliphatic hydroxyl groups excluding tert-OH is 1. The molecule has 5 nitrogen and oxygen atoms in total. The zero-order valence-electron chi connectivity index (χ0n) is 7.30. The lowest BCUT2D eigenvalue weighted by Crippen LogP contribution is -2.36. The van der Waals surface area contributed by atoms with E-state index in [9.17, 15) is 14.7 Å². The molecule has 0 unspecified atom stereocenters. The van der Waals surface area contributed by atoms with Gasteiger partial charge in [-0.1, -0.05) is 0 Å². The summed E-state index contributed by atoms with van der Waals surface area (Å²) in [5.74, 6) is 0. The van der Waals surface area contributed by atoms with Crippen LogP contribution in [0.4, 0.5) is 0 Å². The first-order valence-corrected chi connectivity index (χ1v) is 3.59. The SMILES string of the molecule is CN(C=O)CC(O)CN(C)C=O. The first-order valence-electron chi connectivity index (χ1n) is 3.59. The lowest BCUT2D eigenvalue weighted by atomic mass is 10.3. The highest BCUT2D eigenvalue weighted by Gasteiger charge is 2.08. The predicted octanol–water partition coefficient (Wildman–Crippen LogP) is -1.48. The molecule has 12 heavy (non-hydrogen) atoms. The van der Waals surface area contributed by atoms with Crippen LogP contribution >= 0.6 is 0 Å². The standard InChI is InChI=1S/C7H14N2O3/c1-8(5-10)3-7(12)4-9(2)6-11/h5-7,12H,3-4H2,1-2H3. The minimum absolute atomic E-state index is 0.238. The summed E-state index contributed by atoms with van der Waals surface area (Å²) in [4.78, 5) is 22.9. The van der Waals surface area contributed by atoms with Gasteiger partial charge in [0.1, 0.15) is 0 Å². The van der Waals surface area contributed by atoms with Crippen molar-refractivity contribution in [1.29, 1.82) is 0 Å². The molecule has 70 valence electrons. The van der Waals surface area contributed by atoms with Gasteiger partial charge in [0, 0.05) is 27.2 Å². The normalized spacial score (nSPS) is 9.67. The highest BCUT2D eigenvalue weighted by atomic mass is 16.3. The minimum atomic E-state index is -0.685. The number of aliphatic hydroxyl groups is 1. The monoisotopic (exact) mass is 174 g/mol. The molecule has 0 saturated carbocycles. The number of nitrogens with zero attached hydrogens (tertiary/aromatic N) is 2. The van der Waals surface area contributed by atoms with E-state index in [0.717, 1.165) is 0 Å². The van der Waals surface area contributed by atoms with E-state index in [0.29, 0.717) is 12.8 Å². The summed E-state index contributed by atoms with van der Waals surface area (Å²) in [6.45, 7) is 0.476. The average Bonchev–Trinajstić information content (AvgIpc) is 2.03. The molecule has 0 spiro atoms. The maximum atomic E-state index is 10.1. The van der Waals surface area contributed by atoms with Crippen LogP contribution in [0, 0.1) is 0 Å². The van der Waals surface area contributed by atoms with Crippen LogP contribution < -0.4 is 0 Å². The molecule has 0 aliphatic carbocycles. The highest BCUT2D eigenvalue weighted by molar-refractivity contribution is 5.47. The van der Waals surface area contributed by atoms with Gasteiger partial charge in [-0.2, -0.15) is 0 Å². The van der Waals surface area contributed by atoms with E-state index in [2.05, 4.69) is 0 Å². The van der Waals surface area contributed by atoms with Crippen LogP contribution in [-0.2, 0) is 9.59 Å². The Morgan fingerprint density at radius 3 is 1.75 bits per heavy atom. The molecule has 0 rings (SSSR count).